The predicted molar refractivity (Wildman–Crippen MR) is 49.7 cm³/mol. The van der Waals surface area contributed by atoms with Crippen molar-refractivity contribution in [1.29, 1.82) is 0 Å². The molecule has 0 rings (SSSR count). The zero-order chi connectivity index (χ0) is 9.45. The third-order valence-corrected chi connectivity index (χ3v) is 2.13. The minimum absolute atomic E-state index is 0.0114. The summed E-state index contributed by atoms with van der Waals surface area (Å²) >= 11 is 0. The standard InChI is InChI=1S/C10H21O2/c1-4-10(2,3)12-9-7-5-6-8-11/h4-9H2,1-3H3. The van der Waals surface area contributed by atoms with E-state index in [2.05, 4.69) is 20.8 Å². The summed E-state index contributed by atoms with van der Waals surface area (Å²) < 4.78 is 5.62. The molecule has 0 N–H and O–H groups in total. The zero-order valence-corrected chi connectivity index (χ0v) is 8.56. The molecule has 0 aromatic heterocycles. The highest BCUT2D eigenvalue weighted by Gasteiger charge is 2.13. The molecule has 0 bridgehead atoms. The van der Waals surface area contributed by atoms with Crippen molar-refractivity contribution in [1.82, 2.24) is 0 Å². The van der Waals surface area contributed by atoms with Crippen LogP contribution in [0.2, 0.25) is 0 Å². The summed E-state index contributed by atoms with van der Waals surface area (Å²) in [6.45, 7) is 7.16. The van der Waals surface area contributed by atoms with Crippen molar-refractivity contribution in [3.05, 3.63) is 0 Å². The molecule has 0 amide bonds. The first-order valence-corrected chi connectivity index (χ1v) is 4.84. The Bertz CT molecular complexity index is 100. The van der Waals surface area contributed by atoms with E-state index in [4.69, 9.17) is 4.74 Å². The van der Waals surface area contributed by atoms with E-state index in [1.807, 2.05) is 0 Å². The maximum atomic E-state index is 10.1. The molecule has 12 heavy (non-hydrogen) atoms. The van der Waals surface area contributed by atoms with Crippen LogP contribution in [0.4, 0.5) is 0 Å². The van der Waals surface area contributed by atoms with Gasteiger partial charge in [-0.25, -0.2) is 5.11 Å². The molecule has 0 aliphatic carbocycles. The van der Waals surface area contributed by atoms with E-state index in [1.54, 1.807) is 0 Å². The van der Waals surface area contributed by atoms with Crippen molar-refractivity contribution in [2.24, 2.45) is 0 Å². The van der Waals surface area contributed by atoms with Gasteiger partial charge in [-0.2, -0.15) is 0 Å². The van der Waals surface area contributed by atoms with Gasteiger partial charge in [-0.15, -0.1) is 0 Å². The van der Waals surface area contributed by atoms with E-state index in [9.17, 15) is 5.11 Å². The Morgan fingerprint density at radius 2 is 1.83 bits per heavy atom. The molecule has 2 heteroatoms. The van der Waals surface area contributed by atoms with Gasteiger partial charge in [0.15, 0.2) is 0 Å². The van der Waals surface area contributed by atoms with E-state index >= 15 is 0 Å². The van der Waals surface area contributed by atoms with Crippen LogP contribution in [0.3, 0.4) is 0 Å². The Morgan fingerprint density at radius 1 is 1.17 bits per heavy atom. The van der Waals surface area contributed by atoms with Crippen LogP contribution < -0.4 is 0 Å². The van der Waals surface area contributed by atoms with Gasteiger partial charge in [0.05, 0.1) is 12.2 Å². The zero-order valence-electron chi connectivity index (χ0n) is 8.56. The Hall–Kier alpha value is -0.0800. The van der Waals surface area contributed by atoms with Crippen LogP contribution in [-0.2, 0) is 9.84 Å². The summed E-state index contributed by atoms with van der Waals surface area (Å²) in [6, 6.07) is 0. The van der Waals surface area contributed by atoms with Crippen LogP contribution in [0.5, 0.6) is 0 Å². The third kappa shape index (κ3) is 6.62. The molecule has 0 heterocycles. The maximum absolute atomic E-state index is 10.1. The smallest absolute Gasteiger partial charge is 0.0822 e. The Kier molecular flexibility index (Phi) is 6.39. The van der Waals surface area contributed by atoms with E-state index in [1.165, 1.54) is 0 Å². The topological polar surface area (TPSA) is 29.1 Å². The first kappa shape index (κ1) is 11.9. The van der Waals surface area contributed by atoms with E-state index in [0.717, 1.165) is 32.3 Å². The molecule has 0 aliphatic heterocycles. The molecule has 0 saturated heterocycles. The molecule has 0 aromatic carbocycles. The lowest BCUT2D eigenvalue weighted by atomic mass is 10.1. The largest absolute Gasteiger partial charge is 0.376 e. The van der Waals surface area contributed by atoms with E-state index < -0.39 is 0 Å². The highest BCUT2D eigenvalue weighted by Crippen LogP contribution is 2.13. The fourth-order valence-corrected chi connectivity index (χ4v) is 0.831. The average Bonchev–Trinajstić information content (AvgIpc) is 2.04. The second-order valence-electron chi connectivity index (χ2n) is 3.73. The van der Waals surface area contributed by atoms with Crippen molar-refractivity contribution < 1.29 is 9.84 Å². The normalized spacial score (nSPS) is 12.0. The summed E-state index contributed by atoms with van der Waals surface area (Å²) in [4.78, 5) is 0. The van der Waals surface area contributed by atoms with Gasteiger partial charge in [0.2, 0.25) is 0 Å². The minimum atomic E-state index is 0.0114. The molecular formula is C10H21O2. The highest BCUT2D eigenvalue weighted by atomic mass is 16.5. The highest BCUT2D eigenvalue weighted by molar-refractivity contribution is 4.64. The molecule has 2 nitrogen and oxygen atoms in total. The molecule has 1 radical (unpaired) electrons. The quantitative estimate of drug-likeness (QED) is 0.544. The summed E-state index contributed by atoms with van der Waals surface area (Å²) in [7, 11) is 0. The van der Waals surface area contributed by atoms with Gasteiger partial charge in [0.1, 0.15) is 0 Å². The molecule has 0 fully saturated rings. The monoisotopic (exact) mass is 173 g/mol. The third-order valence-electron chi connectivity index (χ3n) is 2.13. The molecule has 0 unspecified atom stereocenters. The second-order valence-corrected chi connectivity index (χ2v) is 3.73. The summed E-state index contributed by atoms with van der Waals surface area (Å²) in [5.41, 5.74) is 0.0114. The van der Waals surface area contributed by atoms with Crippen LogP contribution in [0.15, 0.2) is 0 Å². The maximum Gasteiger partial charge on any atom is 0.0822 e. The summed E-state index contributed by atoms with van der Waals surface area (Å²) in [6.07, 6.45) is 3.85. The van der Waals surface area contributed by atoms with Gasteiger partial charge in [-0.05, 0) is 39.5 Å². The van der Waals surface area contributed by atoms with Crippen LogP contribution in [0.25, 0.3) is 0 Å². The van der Waals surface area contributed by atoms with Crippen molar-refractivity contribution in [2.75, 3.05) is 13.2 Å². The molecule has 0 saturated carbocycles. The second kappa shape index (κ2) is 6.44. The first-order valence-electron chi connectivity index (χ1n) is 4.84. The van der Waals surface area contributed by atoms with Crippen LogP contribution in [0, 0.1) is 0 Å². The SMILES string of the molecule is CCC(C)(C)OCCCCC[O]. The van der Waals surface area contributed by atoms with Gasteiger partial charge in [-0.3, -0.25) is 0 Å². The molecule has 0 atom stereocenters. The van der Waals surface area contributed by atoms with Crippen molar-refractivity contribution in [3.8, 4) is 0 Å². The van der Waals surface area contributed by atoms with Crippen molar-refractivity contribution >= 4 is 0 Å². The van der Waals surface area contributed by atoms with Gasteiger partial charge < -0.3 is 4.74 Å². The van der Waals surface area contributed by atoms with Gasteiger partial charge in [0.25, 0.3) is 0 Å². The first-order chi connectivity index (χ1) is 5.62. The van der Waals surface area contributed by atoms with E-state index in [-0.39, 0.29) is 12.2 Å². The Morgan fingerprint density at radius 3 is 2.33 bits per heavy atom. The lowest BCUT2D eigenvalue weighted by Gasteiger charge is -2.23. The number of hydrogen-bond acceptors (Lipinski definition) is 1. The number of hydrogen-bond donors (Lipinski definition) is 0. The van der Waals surface area contributed by atoms with Crippen LogP contribution in [-0.4, -0.2) is 18.8 Å². The van der Waals surface area contributed by atoms with Crippen molar-refractivity contribution in [3.63, 3.8) is 0 Å². The lowest BCUT2D eigenvalue weighted by Crippen LogP contribution is -2.23. The fraction of sp³-hybridized carbons (Fsp3) is 1.00. The van der Waals surface area contributed by atoms with Gasteiger partial charge in [0, 0.05) is 6.61 Å². The lowest BCUT2D eigenvalue weighted by molar-refractivity contribution is -0.0220. The average molecular weight is 173 g/mol. The number of rotatable bonds is 7. The number of unbranched alkanes of at least 4 members (excludes halogenated alkanes) is 2. The Balaban J connectivity index is 3.19. The van der Waals surface area contributed by atoms with E-state index in [0.29, 0.717) is 0 Å². The summed E-state index contributed by atoms with van der Waals surface area (Å²) in [5.74, 6) is 0. The molecular weight excluding hydrogens is 152 g/mol. The van der Waals surface area contributed by atoms with Gasteiger partial charge in [-0.1, -0.05) is 6.92 Å². The molecule has 73 valence electrons. The van der Waals surface area contributed by atoms with Crippen molar-refractivity contribution in [2.45, 2.75) is 52.1 Å². The predicted octanol–water partition coefficient (Wildman–Crippen LogP) is 2.79. The van der Waals surface area contributed by atoms with Crippen LogP contribution >= 0.6 is 0 Å². The minimum Gasteiger partial charge on any atom is -0.376 e. The van der Waals surface area contributed by atoms with Gasteiger partial charge >= 0.3 is 0 Å². The fourth-order valence-electron chi connectivity index (χ4n) is 0.831. The molecule has 0 spiro atoms. The molecule has 0 aliphatic rings. The number of ether oxygens (including phenoxy) is 1. The van der Waals surface area contributed by atoms with Crippen LogP contribution in [0.1, 0.15) is 46.5 Å². The Labute approximate surface area is 75.9 Å². The molecule has 0 aromatic rings. The summed E-state index contributed by atoms with van der Waals surface area (Å²) in [5, 5.41) is 10.1.